The van der Waals surface area contributed by atoms with Crippen molar-refractivity contribution in [3.05, 3.63) is 77.1 Å². The summed E-state index contributed by atoms with van der Waals surface area (Å²) in [5, 5.41) is 0.359. The lowest BCUT2D eigenvalue weighted by Gasteiger charge is -2.32. The fraction of sp³-hybridized carbons (Fsp3) is 0.310. The van der Waals surface area contributed by atoms with Crippen LogP contribution in [0.15, 0.2) is 60.7 Å². The van der Waals surface area contributed by atoms with Gasteiger partial charge in [-0.1, -0.05) is 55.3 Å². The Morgan fingerprint density at radius 3 is 2.38 bits per heavy atom. The number of fused-ring (bicyclic) bond motifs is 1. The molecule has 0 bridgehead atoms. The summed E-state index contributed by atoms with van der Waals surface area (Å²) in [5.41, 5.74) is 3.53. The second kappa shape index (κ2) is 11.7. The quantitative estimate of drug-likeness (QED) is 0.163. The first-order valence-corrected chi connectivity index (χ1v) is 12.7. The number of nitrogens with zero attached hydrogens (tertiary/aromatic N) is 3. The molecule has 1 heterocycles. The first-order chi connectivity index (χ1) is 18.0. The van der Waals surface area contributed by atoms with E-state index in [9.17, 15) is 4.79 Å². The maximum atomic E-state index is 13.0. The molecule has 0 aliphatic rings. The molecule has 0 aliphatic heterocycles. The second-order valence-electron chi connectivity index (χ2n) is 8.92. The SMILES string of the molecule is CCCC[N+](C=O)(Cc1nc2ccccc2n1Cc1ccccc1OC)c1ccc(OC)c(OC)c1Cl. The maximum Gasteiger partial charge on any atom is 0.306 e. The lowest BCUT2D eigenvalue weighted by molar-refractivity contribution is -0.118. The molecular formula is C29H33ClN3O4+. The molecule has 7 nitrogen and oxygen atoms in total. The number of carbonyl (C=O) groups is 1. The Morgan fingerprint density at radius 1 is 0.946 bits per heavy atom. The molecule has 0 fully saturated rings. The van der Waals surface area contributed by atoms with Gasteiger partial charge < -0.3 is 18.8 Å². The molecule has 0 saturated heterocycles. The third kappa shape index (κ3) is 5.15. The summed E-state index contributed by atoms with van der Waals surface area (Å²) >= 11 is 6.87. The summed E-state index contributed by atoms with van der Waals surface area (Å²) in [5.74, 6) is 2.50. The van der Waals surface area contributed by atoms with Crippen LogP contribution in [-0.4, -0.2) is 43.8 Å². The number of halogens is 1. The summed E-state index contributed by atoms with van der Waals surface area (Å²) < 4.78 is 18.7. The maximum absolute atomic E-state index is 13.0. The van der Waals surface area contributed by atoms with Crippen LogP contribution < -0.4 is 18.7 Å². The fourth-order valence-electron chi connectivity index (χ4n) is 4.77. The van der Waals surface area contributed by atoms with Crippen molar-refractivity contribution in [3.63, 3.8) is 0 Å². The van der Waals surface area contributed by atoms with Gasteiger partial charge >= 0.3 is 6.41 Å². The van der Waals surface area contributed by atoms with Crippen molar-refractivity contribution in [2.75, 3.05) is 27.9 Å². The molecule has 0 spiro atoms. The van der Waals surface area contributed by atoms with Gasteiger partial charge in [0, 0.05) is 11.6 Å². The van der Waals surface area contributed by atoms with E-state index in [0.717, 1.165) is 47.4 Å². The highest BCUT2D eigenvalue weighted by atomic mass is 35.5. The predicted octanol–water partition coefficient (Wildman–Crippen LogP) is 6.23. The van der Waals surface area contributed by atoms with E-state index in [1.54, 1.807) is 27.4 Å². The van der Waals surface area contributed by atoms with Crippen LogP contribution in [0, 0.1) is 0 Å². The van der Waals surface area contributed by atoms with Crippen LogP contribution in [0.1, 0.15) is 31.2 Å². The minimum Gasteiger partial charge on any atom is -0.496 e. The minimum absolute atomic E-state index is 0.0255. The van der Waals surface area contributed by atoms with Gasteiger partial charge in [0.25, 0.3) is 0 Å². The van der Waals surface area contributed by atoms with E-state index in [-0.39, 0.29) is 4.48 Å². The minimum atomic E-state index is -0.0255. The van der Waals surface area contributed by atoms with Gasteiger partial charge in [-0.15, -0.1) is 0 Å². The smallest absolute Gasteiger partial charge is 0.306 e. The number of benzene rings is 3. The van der Waals surface area contributed by atoms with Crippen LogP contribution in [0.5, 0.6) is 17.2 Å². The molecule has 1 amide bonds. The largest absolute Gasteiger partial charge is 0.496 e. The number of methoxy groups -OCH3 is 3. The Kier molecular flexibility index (Phi) is 8.36. The van der Waals surface area contributed by atoms with Crippen molar-refractivity contribution in [1.82, 2.24) is 14.0 Å². The van der Waals surface area contributed by atoms with Crippen LogP contribution in [0.4, 0.5) is 5.69 Å². The van der Waals surface area contributed by atoms with E-state index >= 15 is 0 Å². The fourth-order valence-corrected chi connectivity index (χ4v) is 5.17. The van der Waals surface area contributed by atoms with Gasteiger partial charge in [-0.2, -0.15) is 0 Å². The van der Waals surface area contributed by atoms with Gasteiger partial charge in [0.05, 0.1) is 45.5 Å². The van der Waals surface area contributed by atoms with Crippen molar-refractivity contribution < 1.29 is 19.0 Å². The van der Waals surface area contributed by atoms with E-state index in [0.29, 0.717) is 41.8 Å². The van der Waals surface area contributed by atoms with Crippen molar-refractivity contribution in [1.29, 1.82) is 0 Å². The number of carbonyl (C=O) groups excluding carboxylic acids is 1. The van der Waals surface area contributed by atoms with Gasteiger partial charge in [-0.3, -0.25) is 0 Å². The predicted molar refractivity (Wildman–Crippen MR) is 148 cm³/mol. The first-order valence-electron chi connectivity index (χ1n) is 12.3. The number of hydrogen-bond acceptors (Lipinski definition) is 5. The van der Waals surface area contributed by atoms with Crippen molar-refractivity contribution in [2.24, 2.45) is 0 Å². The van der Waals surface area contributed by atoms with Crippen molar-refractivity contribution >= 4 is 34.7 Å². The second-order valence-corrected chi connectivity index (χ2v) is 9.30. The molecule has 3 aromatic carbocycles. The van der Waals surface area contributed by atoms with E-state index in [4.69, 9.17) is 30.8 Å². The van der Waals surface area contributed by atoms with Gasteiger partial charge in [-0.25, -0.2) is 14.3 Å². The Morgan fingerprint density at radius 2 is 1.68 bits per heavy atom. The Balaban J connectivity index is 1.88. The molecule has 194 valence electrons. The molecule has 8 heteroatoms. The standard InChI is InChI=1S/C29H33ClN3O4/c1-5-6-17-33(20-34,24-15-16-26(36-3)29(37-4)28(24)30)19-27-31-22-12-8-9-13-23(22)32(27)18-21-11-7-10-14-25(21)35-2/h7-16,20H,5-6,17-19H2,1-4H3/q+1. The number of unbranched alkanes of at least 4 members (excludes halogenated alkanes) is 1. The topological polar surface area (TPSA) is 62.6 Å². The molecule has 0 saturated carbocycles. The highest BCUT2D eigenvalue weighted by molar-refractivity contribution is 6.35. The Bertz CT molecular complexity index is 1390. The van der Waals surface area contributed by atoms with E-state index < -0.39 is 0 Å². The lowest BCUT2D eigenvalue weighted by Crippen LogP contribution is -2.49. The summed E-state index contributed by atoms with van der Waals surface area (Å²) in [4.78, 5) is 18.0. The molecule has 0 N–H and O–H groups in total. The number of para-hydroxylation sites is 3. The zero-order valence-electron chi connectivity index (χ0n) is 21.7. The molecule has 1 aromatic heterocycles. The van der Waals surface area contributed by atoms with E-state index in [2.05, 4.69) is 11.5 Å². The lowest BCUT2D eigenvalue weighted by atomic mass is 10.1. The number of amides is 1. The Hall–Kier alpha value is -3.55. The molecule has 37 heavy (non-hydrogen) atoms. The third-order valence-electron chi connectivity index (χ3n) is 6.74. The third-order valence-corrected chi connectivity index (χ3v) is 7.10. The molecular weight excluding hydrogens is 490 g/mol. The van der Waals surface area contributed by atoms with Gasteiger partial charge in [0.1, 0.15) is 17.3 Å². The van der Waals surface area contributed by atoms with E-state index in [1.807, 2.05) is 54.6 Å². The van der Waals surface area contributed by atoms with Crippen LogP contribution in [0.3, 0.4) is 0 Å². The number of imidazole rings is 1. The number of quaternary nitrogens is 1. The molecule has 0 aliphatic carbocycles. The van der Waals surface area contributed by atoms with Crippen molar-refractivity contribution in [3.8, 4) is 17.2 Å². The zero-order chi connectivity index (χ0) is 26.4. The number of aromatic nitrogens is 2. The summed E-state index contributed by atoms with van der Waals surface area (Å²) in [6, 6.07) is 19.6. The van der Waals surface area contributed by atoms with Crippen LogP contribution in [0.2, 0.25) is 5.02 Å². The van der Waals surface area contributed by atoms with Gasteiger partial charge in [0.2, 0.25) is 0 Å². The Labute approximate surface area is 222 Å². The zero-order valence-corrected chi connectivity index (χ0v) is 22.5. The van der Waals surface area contributed by atoms with Crippen LogP contribution in [-0.2, 0) is 17.9 Å². The summed E-state index contributed by atoms with van der Waals surface area (Å²) in [7, 11) is 4.78. The summed E-state index contributed by atoms with van der Waals surface area (Å²) in [6.07, 6.45) is 2.72. The number of rotatable bonds is 12. The monoisotopic (exact) mass is 522 g/mol. The molecule has 1 unspecified atom stereocenters. The molecule has 1 atom stereocenters. The van der Waals surface area contributed by atoms with Crippen LogP contribution in [0.25, 0.3) is 11.0 Å². The molecule has 0 radical (unpaired) electrons. The molecule has 4 aromatic rings. The van der Waals surface area contributed by atoms with Crippen molar-refractivity contribution in [2.45, 2.75) is 32.9 Å². The van der Waals surface area contributed by atoms with Crippen LogP contribution >= 0.6 is 11.6 Å². The van der Waals surface area contributed by atoms with Gasteiger partial charge in [0.15, 0.2) is 23.0 Å². The highest BCUT2D eigenvalue weighted by Crippen LogP contribution is 2.44. The molecule has 4 rings (SSSR count). The number of hydrogen-bond donors (Lipinski definition) is 0. The van der Waals surface area contributed by atoms with E-state index in [1.165, 1.54) is 0 Å². The van der Waals surface area contributed by atoms with Gasteiger partial charge in [-0.05, 0) is 30.7 Å². The average Bonchev–Trinajstić information content (AvgIpc) is 3.27. The summed E-state index contributed by atoms with van der Waals surface area (Å²) in [6.45, 7) is 3.54. The normalized spacial score (nSPS) is 12.8. The number of ether oxygens (including phenoxy) is 3. The average molecular weight is 523 g/mol. The highest BCUT2D eigenvalue weighted by Gasteiger charge is 2.37. The first kappa shape index (κ1) is 26.5.